The molecule has 0 radical (unpaired) electrons. The molecule has 0 heterocycles. The lowest BCUT2D eigenvalue weighted by atomic mass is 9.95. The van der Waals surface area contributed by atoms with Crippen LogP contribution < -0.4 is 5.32 Å². The van der Waals surface area contributed by atoms with Gasteiger partial charge in [0.1, 0.15) is 5.78 Å². The molecule has 0 fully saturated rings. The van der Waals surface area contributed by atoms with E-state index in [0.29, 0.717) is 11.7 Å². The van der Waals surface area contributed by atoms with Crippen LogP contribution in [0.1, 0.15) is 45.7 Å². The molecule has 0 saturated heterocycles. The van der Waals surface area contributed by atoms with E-state index < -0.39 is 0 Å². The van der Waals surface area contributed by atoms with E-state index in [9.17, 15) is 4.79 Å². The third kappa shape index (κ3) is 7.78. The van der Waals surface area contributed by atoms with E-state index >= 15 is 0 Å². The first-order chi connectivity index (χ1) is 8.92. The molecule has 19 heavy (non-hydrogen) atoms. The first kappa shape index (κ1) is 17.8. The molecule has 0 aliphatic heterocycles. The Morgan fingerprint density at radius 2 is 1.79 bits per heavy atom. The van der Waals surface area contributed by atoms with Gasteiger partial charge in [0, 0.05) is 12.5 Å². The van der Waals surface area contributed by atoms with Crippen molar-refractivity contribution < 1.29 is 4.79 Å². The summed E-state index contributed by atoms with van der Waals surface area (Å²) >= 11 is 0. The van der Waals surface area contributed by atoms with E-state index in [2.05, 4.69) is 50.4 Å². The van der Waals surface area contributed by atoms with E-state index in [0.717, 1.165) is 13.0 Å². The molecule has 1 aromatic carbocycles. The Bertz CT molecular complexity index is 371. The summed E-state index contributed by atoms with van der Waals surface area (Å²) in [6.45, 7) is 10.9. The van der Waals surface area contributed by atoms with E-state index in [4.69, 9.17) is 0 Å². The third-order valence-electron chi connectivity index (χ3n) is 3.42. The molecule has 0 aliphatic carbocycles. The van der Waals surface area contributed by atoms with Crippen molar-refractivity contribution in [2.75, 3.05) is 7.05 Å². The molecule has 1 unspecified atom stereocenters. The largest absolute Gasteiger partial charge is 0.316 e. The number of ketones is 1. The van der Waals surface area contributed by atoms with Gasteiger partial charge >= 0.3 is 0 Å². The molecule has 0 aliphatic rings. The number of rotatable bonds is 5. The van der Waals surface area contributed by atoms with E-state index in [1.165, 1.54) is 11.1 Å². The molecule has 0 spiro atoms. The van der Waals surface area contributed by atoms with Crippen molar-refractivity contribution in [2.24, 2.45) is 11.8 Å². The molecular formula is C17H29NO. The summed E-state index contributed by atoms with van der Waals surface area (Å²) in [5.74, 6) is 1.02. The van der Waals surface area contributed by atoms with Gasteiger partial charge in [0.05, 0.1) is 0 Å². The van der Waals surface area contributed by atoms with Crippen molar-refractivity contribution in [2.45, 2.75) is 47.6 Å². The fourth-order valence-corrected chi connectivity index (χ4v) is 1.63. The Hall–Kier alpha value is -1.15. The Morgan fingerprint density at radius 1 is 1.21 bits per heavy atom. The monoisotopic (exact) mass is 263 g/mol. The number of aryl methyl sites for hydroxylation is 1. The Balaban J connectivity index is 0.000000362. The summed E-state index contributed by atoms with van der Waals surface area (Å²) in [6.07, 6.45) is 1.12. The number of benzene rings is 1. The van der Waals surface area contributed by atoms with Gasteiger partial charge in [-0.15, -0.1) is 0 Å². The van der Waals surface area contributed by atoms with Gasteiger partial charge in [0.15, 0.2) is 0 Å². The van der Waals surface area contributed by atoms with Crippen LogP contribution in [0.4, 0.5) is 0 Å². The van der Waals surface area contributed by atoms with E-state index in [1.807, 2.05) is 14.0 Å². The van der Waals surface area contributed by atoms with Crippen LogP contribution in [-0.2, 0) is 17.8 Å². The number of hydrogen-bond donors (Lipinski definition) is 1. The van der Waals surface area contributed by atoms with Crippen LogP contribution in [0.25, 0.3) is 0 Å². The lowest BCUT2D eigenvalue weighted by Gasteiger charge is -2.09. The minimum atomic E-state index is 0.231. The number of nitrogens with one attached hydrogen (secondary N) is 1. The SMILES string of the molecule is CC(=O)C(C)C(C)C.CCc1cccc(CNC)c1. The van der Waals surface area contributed by atoms with E-state index in [1.54, 1.807) is 6.92 Å². The van der Waals surface area contributed by atoms with Crippen LogP contribution in [0.15, 0.2) is 24.3 Å². The minimum Gasteiger partial charge on any atom is -0.316 e. The summed E-state index contributed by atoms with van der Waals surface area (Å²) in [4.78, 5) is 10.6. The summed E-state index contributed by atoms with van der Waals surface area (Å²) in [6, 6.07) is 8.68. The maximum absolute atomic E-state index is 10.6. The maximum atomic E-state index is 10.6. The number of carbonyl (C=O) groups is 1. The topological polar surface area (TPSA) is 29.1 Å². The molecule has 2 nitrogen and oxygen atoms in total. The number of carbonyl (C=O) groups excluding carboxylic acids is 1. The van der Waals surface area contributed by atoms with Crippen LogP contribution in [0.3, 0.4) is 0 Å². The van der Waals surface area contributed by atoms with Gasteiger partial charge in [-0.1, -0.05) is 52.0 Å². The number of Topliss-reactive ketones (excluding diaryl/α,β-unsaturated/α-hetero) is 1. The van der Waals surface area contributed by atoms with Crippen molar-refractivity contribution >= 4 is 5.78 Å². The summed E-state index contributed by atoms with van der Waals surface area (Å²) in [5.41, 5.74) is 2.78. The zero-order chi connectivity index (χ0) is 14.8. The van der Waals surface area contributed by atoms with Gasteiger partial charge in [-0.3, -0.25) is 4.79 Å². The van der Waals surface area contributed by atoms with Gasteiger partial charge in [-0.05, 0) is 37.4 Å². The smallest absolute Gasteiger partial charge is 0.132 e. The van der Waals surface area contributed by atoms with Gasteiger partial charge in [0.25, 0.3) is 0 Å². The first-order valence-electron chi connectivity index (χ1n) is 7.15. The summed E-state index contributed by atoms with van der Waals surface area (Å²) in [7, 11) is 1.97. The molecule has 0 saturated carbocycles. The standard InChI is InChI=1S/C10H15N.C7H14O/c1-3-9-5-4-6-10(7-9)8-11-2;1-5(2)6(3)7(4)8/h4-7,11H,3,8H2,1-2H3;5-6H,1-4H3. The molecule has 1 aromatic rings. The zero-order valence-electron chi connectivity index (χ0n) is 13.3. The number of hydrogen-bond acceptors (Lipinski definition) is 2. The maximum Gasteiger partial charge on any atom is 0.132 e. The predicted molar refractivity (Wildman–Crippen MR) is 83.3 cm³/mol. The molecular weight excluding hydrogens is 234 g/mol. The van der Waals surface area contributed by atoms with Gasteiger partial charge in [0.2, 0.25) is 0 Å². The fraction of sp³-hybridized carbons (Fsp3) is 0.588. The van der Waals surface area contributed by atoms with Crippen molar-refractivity contribution in [3.05, 3.63) is 35.4 Å². The second-order valence-electron chi connectivity index (χ2n) is 5.35. The molecule has 1 atom stereocenters. The normalized spacial score (nSPS) is 11.7. The fourth-order valence-electron chi connectivity index (χ4n) is 1.63. The molecule has 0 aromatic heterocycles. The van der Waals surface area contributed by atoms with Crippen molar-refractivity contribution in [1.29, 1.82) is 0 Å². The van der Waals surface area contributed by atoms with Crippen molar-refractivity contribution in [1.82, 2.24) is 5.32 Å². The average molecular weight is 263 g/mol. The predicted octanol–water partition coefficient (Wildman–Crippen LogP) is 3.84. The average Bonchev–Trinajstić information content (AvgIpc) is 2.39. The van der Waals surface area contributed by atoms with Crippen LogP contribution in [0, 0.1) is 11.8 Å². The second kappa shape index (κ2) is 9.74. The minimum absolute atomic E-state index is 0.231. The lowest BCUT2D eigenvalue weighted by molar-refractivity contribution is -0.121. The Morgan fingerprint density at radius 3 is 2.16 bits per heavy atom. The van der Waals surface area contributed by atoms with Crippen molar-refractivity contribution in [3.8, 4) is 0 Å². The van der Waals surface area contributed by atoms with Gasteiger partial charge < -0.3 is 5.32 Å². The Labute approximate surface area is 118 Å². The molecule has 0 bridgehead atoms. The van der Waals surface area contributed by atoms with Gasteiger partial charge in [-0.25, -0.2) is 0 Å². The highest BCUT2D eigenvalue weighted by atomic mass is 16.1. The van der Waals surface area contributed by atoms with Crippen LogP contribution in [0.2, 0.25) is 0 Å². The highest BCUT2D eigenvalue weighted by Gasteiger charge is 2.10. The molecule has 0 amide bonds. The second-order valence-corrected chi connectivity index (χ2v) is 5.35. The molecule has 1 N–H and O–H groups in total. The highest BCUT2D eigenvalue weighted by Crippen LogP contribution is 2.09. The summed E-state index contributed by atoms with van der Waals surface area (Å²) in [5, 5.41) is 3.14. The molecule has 2 heteroatoms. The van der Waals surface area contributed by atoms with Crippen molar-refractivity contribution in [3.63, 3.8) is 0 Å². The molecule has 108 valence electrons. The van der Waals surface area contributed by atoms with Gasteiger partial charge in [-0.2, -0.15) is 0 Å². The molecule has 1 rings (SSSR count). The quantitative estimate of drug-likeness (QED) is 0.874. The van der Waals surface area contributed by atoms with Crippen LogP contribution in [-0.4, -0.2) is 12.8 Å². The lowest BCUT2D eigenvalue weighted by Crippen LogP contribution is -2.12. The highest BCUT2D eigenvalue weighted by molar-refractivity contribution is 5.78. The zero-order valence-corrected chi connectivity index (χ0v) is 13.3. The van der Waals surface area contributed by atoms with Crippen LogP contribution in [0.5, 0.6) is 0 Å². The first-order valence-corrected chi connectivity index (χ1v) is 7.15. The van der Waals surface area contributed by atoms with E-state index in [-0.39, 0.29) is 5.92 Å². The third-order valence-corrected chi connectivity index (χ3v) is 3.42. The van der Waals surface area contributed by atoms with Crippen LogP contribution >= 0.6 is 0 Å². The Kier molecular flexibility index (Phi) is 9.15. The summed E-state index contributed by atoms with van der Waals surface area (Å²) < 4.78 is 0.